The number of ether oxygens (including phenoxy) is 1. The number of hydrogen-bond acceptors (Lipinski definition) is 5. The summed E-state index contributed by atoms with van der Waals surface area (Å²) in [7, 11) is 6.10. The Morgan fingerprint density at radius 1 is 1.29 bits per heavy atom. The van der Waals surface area contributed by atoms with Gasteiger partial charge in [-0.1, -0.05) is 0 Å². The summed E-state index contributed by atoms with van der Waals surface area (Å²) in [6, 6.07) is 0. The molecule has 24 heavy (non-hydrogen) atoms. The van der Waals surface area contributed by atoms with Crippen LogP contribution in [0.2, 0.25) is 0 Å². The number of rotatable bonds is 5. The normalized spacial score (nSPS) is 17.5. The van der Waals surface area contributed by atoms with E-state index < -0.39 is 0 Å². The molecular formula is C16H30IN5OS. The molecule has 2 heterocycles. The second-order valence-electron chi connectivity index (χ2n) is 6.25. The molecular weight excluding hydrogens is 437 g/mol. The average molecular weight is 467 g/mol. The van der Waals surface area contributed by atoms with Crippen LogP contribution < -0.4 is 10.6 Å². The first-order chi connectivity index (χ1) is 11.0. The topological polar surface area (TPSA) is 61.8 Å². The van der Waals surface area contributed by atoms with Gasteiger partial charge in [0.1, 0.15) is 0 Å². The van der Waals surface area contributed by atoms with Crippen molar-refractivity contribution in [1.29, 1.82) is 0 Å². The highest BCUT2D eigenvalue weighted by molar-refractivity contribution is 14.0. The van der Waals surface area contributed by atoms with Crippen LogP contribution >= 0.6 is 35.3 Å². The number of guanidine groups is 1. The van der Waals surface area contributed by atoms with Gasteiger partial charge in [-0.3, -0.25) is 4.99 Å². The summed E-state index contributed by atoms with van der Waals surface area (Å²) in [5.41, 5.74) is 1.23. The van der Waals surface area contributed by atoms with Gasteiger partial charge >= 0.3 is 0 Å². The molecule has 1 aliphatic heterocycles. The molecule has 0 aromatic carbocycles. The van der Waals surface area contributed by atoms with Crippen molar-refractivity contribution < 1.29 is 4.74 Å². The second-order valence-corrected chi connectivity index (χ2v) is 7.54. The standard InChI is InChI=1S/C16H29N5OS.HI/c1-12-14(23-13(2)20-12)10-18-15(17-3)19-11-16(21(4)5)6-8-22-9-7-16;/h6-11H2,1-5H3,(H2,17,18,19);1H. The van der Waals surface area contributed by atoms with E-state index in [9.17, 15) is 0 Å². The van der Waals surface area contributed by atoms with Gasteiger partial charge in [-0.25, -0.2) is 4.98 Å². The van der Waals surface area contributed by atoms with Gasteiger partial charge in [-0.2, -0.15) is 0 Å². The van der Waals surface area contributed by atoms with Crippen molar-refractivity contribution in [3.63, 3.8) is 0 Å². The number of aryl methyl sites for hydroxylation is 2. The molecule has 8 heteroatoms. The fourth-order valence-corrected chi connectivity index (χ4v) is 3.78. The van der Waals surface area contributed by atoms with Crippen LogP contribution in [0.25, 0.3) is 0 Å². The van der Waals surface area contributed by atoms with E-state index in [0.717, 1.165) is 55.8 Å². The van der Waals surface area contributed by atoms with Crippen LogP contribution in [0.4, 0.5) is 0 Å². The third-order valence-electron chi connectivity index (χ3n) is 4.60. The molecule has 6 nitrogen and oxygen atoms in total. The lowest BCUT2D eigenvalue weighted by molar-refractivity contribution is -0.00501. The predicted octanol–water partition coefficient (Wildman–Crippen LogP) is 2.15. The van der Waals surface area contributed by atoms with Crippen LogP contribution in [0.5, 0.6) is 0 Å². The zero-order valence-corrected chi connectivity index (χ0v) is 18.5. The van der Waals surface area contributed by atoms with Crippen LogP contribution in [0.1, 0.15) is 28.4 Å². The maximum atomic E-state index is 5.52. The van der Waals surface area contributed by atoms with Crippen LogP contribution in [-0.2, 0) is 11.3 Å². The zero-order chi connectivity index (χ0) is 16.9. The number of likely N-dealkylation sites (N-methyl/N-ethyl adjacent to an activating group) is 1. The Morgan fingerprint density at radius 2 is 1.96 bits per heavy atom. The minimum atomic E-state index is 0. The Hall–Kier alpha value is -0.450. The summed E-state index contributed by atoms with van der Waals surface area (Å²) in [5, 5.41) is 7.99. The van der Waals surface area contributed by atoms with E-state index in [-0.39, 0.29) is 29.5 Å². The number of nitrogens with one attached hydrogen (secondary N) is 2. The van der Waals surface area contributed by atoms with E-state index >= 15 is 0 Å². The van der Waals surface area contributed by atoms with E-state index in [1.807, 2.05) is 14.0 Å². The number of thiazole rings is 1. The molecule has 0 bridgehead atoms. The van der Waals surface area contributed by atoms with Crippen molar-refractivity contribution in [3.8, 4) is 0 Å². The largest absolute Gasteiger partial charge is 0.381 e. The third kappa shape index (κ3) is 5.53. The van der Waals surface area contributed by atoms with Crippen LogP contribution in [0, 0.1) is 13.8 Å². The minimum Gasteiger partial charge on any atom is -0.381 e. The van der Waals surface area contributed by atoms with Crippen molar-refractivity contribution in [3.05, 3.63) is 15.6 Å². The number of nitrogens with zero attached hydrogens (tertiary/aromatic N) is 3. The number of hydrogen-bond donors (Lipinski definition) is 2. The predicted molar refractivity (Wildman–Crippen MR) is 112 cm³/mol. The first-order valence-corrected chi connectivity index (χ1v) is 8.91. The van der Waals surface area contributed by atoms with Gasteiger partial charge in [0.05, 0.1) is 17.2 Å². The molecule has 0 radical (unpaired) electrons. The van der Waals surface area contributed by atoms with Crippen LogP contribution in [0.3, 0.4) is 0 Å². The van der Waals surface area contributed by atoms with Gasteiger partial charge in [0.2, 0.25) is 0 Å². The first-order valence-electron chi connectivity index (χ1n) is 8.09. The summed E-state index contributed by atoms with van der Waals surface area (Å²) in [6.45, 7) is 7.37. The van der Waals surface area contributed by atoms with Gasteiger partial charge in [-0.05, 0) is 40.8 Å². The highest BCUT2D eigenvalue weighted by atomic mass is 127. The van der Waals surface area contributed by atoms with Crippen LogP contribution in [-0.4, -0.2) is 62.3 Å². The van der Waals surface area contributed by atoms with E-state index in [2.05, 4.69) is 46.5 Å². The Bertz CT molecular complexity index is 541. The SMILES string of the molecule is CN=C(NCc1sc(C)nc1C)NCC1(N(C)C)CCOCC1.I. The molecule has 0 unspecified atom stereocenters. The Kier molecular flexibility index (Phi) is 8.89. The van der Waals surface area contributed by atoms with Crippen molar-refractivity contribution in [2.45, 2.75) is 38.8 Å². The van der Waals surface area contributed by atoms with Gasteiger partial charge < -0.3 is 20.3 Å². The molecule has 0 aliphatic carbocycles. The number of aromatic nitrogens is 1. The van der Waals surface area contributed by atoms with Crippen molar-refractivity contribution in [2.24, 2.45) is 4.99 Å². The van der Waals surface area contributed by atoms with E-state index in [1.165, 1.54) is 4.88 Å². The minimum absolute atomic E-state index is 0. The fourth-order valence-electron chi connectivity index (χ4n) is 2.90. The van der Waals surface area contributed by atoms with Crippen molar-refractivity contribution in [2.75, 3.05) is 40.9 Å². The molecule has 0 spiro atoms. The Labute approximate surface area is 166 Å². The molecule has 1 fully saturated rings. The summed E-state index contributed by atoms with van der Waals surface area (Å²) in [6.07, 6.45) is 2.08. The lowest BCUT2D eigenvalue weighted by atomic mass is 9.88. The molecule has 2 N–H and O–H groups in total. The lowest BCUT2D eigenvalue weighted by Gasteiger charge is -2.43. The first kappa shape index (κ1) is 21.6. The summed E-state index contributed by atoms with van der Waals surface area (Å²) >= 11 is 1.74. The van der Waals surface area contributed by atoms with Gasteiger partial charge in [0, 0.05) is 37.2 Å². The molecule has 1 aliphatic rings. The molecule has 2 rings (SSSR count). The van der Waals surface area contributed by atoms with Crippen molar-refractivity contribution >= 4 is 41.3 Å². The number of aliphatic imine (C=N–C) groups is 1. The summed E-state index contributed by atoms with van der Waals surface area (Å²) in [4.78, 5) is 12.4. The van der Waals surface area contributed by atoms with E-state index in [4.69, 9.17) is 4.74 Å². The Balaban J connectivity index is 0.00000288. The summed E-state index contributed by atoms with van der Waals surface area (Å²) < 4.78 is 5.52. The maximum absolute atomic E-state index is 5.52. The quantitative estimate of drug-likeness (QED) is 0.395. The molecule has 138 valence electrons. The lowest BCUT2D eigenvalue weighted by Crippen LogP contribution is -2.57. The molecule has 1 aromatic rings. The smallest absolute Gasteiger partial charge is 0.191 e. The fraction of sp³-hybridized carbons (Fsp3) is 0.750. The van der Waals surface area contributed by atoms with Gasteiger partial charge in [0.15, 0.2) is 5.96 Å². The second kappa shape index (κ2) is 9.88. The highest BCUT2D eigenvalue weighted by Gasteiger charge is 2.34. The molecule has 0 atom stereocenters. The highest BCUT2D eigenvalue weighted by Crippen LogP contribution is 2.25. The zero-order valence-electron chi connectivity index (χ0n) is 15.3. The third-order valence-corrected chi connectivity index (χ3v) is 5.67. The molecule has 1 aromatic heterocycles. The van der Waals surface area contributed by atoms with E-state index in [0.29, 0.717) is 0 Å². The van der Waals surface area contributed by atoms with Crippen molar-refractivity contribution in [1.82, 2.24) is 20.5 Å². The summed E-state index contributed by atoms with van der Waals surface area (Å²) in [5.74, 6) is 0.836. The molecule has 0 amide bonds. The monoisotopic (exact) mass is 467 g/mol. The maximum Gasteiger partial charge on any atom is 0.191 e. The van der Waals surface area contributed by atoms with Gasteiger partial charge in [-0.15, -0.1) is 35.3 Å². The van der Waals surface area contributed by atoms with Crippen LogP contribution in [0.15, 0.2) is 4.99 Å². The van der Waals surface area contributed by atoms with Gasteiger partial charge in [0.25, 0.3) is 0 Å². The Morgan fingerprint density at radius 3 is 2.46 bits per heavy atom. The molecule has 0 saturated carbocycles. The van der Waals surface area contributed by atoms with E-state index in [1.54, 1.807) is 11.3 Å². The average Bonchev–Trinajstić information content (AvgIpc) is 2.86. The number of halogens is 1. The molecule has 1 saturated heterocycles.